The number of pyridine rings is 1. The highest BCUT2D eigenvalue weighted by molar-refractivity contribution is 6.01. The number of carbonyl (C=O) groups is 1. The molecule has 0 aliphatic heterocycles. The van der Waals surface area contributed by atoms with E-state index >= 15 is 0 Å². The van der Waals surface area contributed by atoms with E-state index in [1.54, 1.807) is 6.20 Å². The number of nitrogens with zero attached hydrogens (tertiary/aromatic N) is 1. The van der Waals surface area contributed by atoms with E-state index in [2.05, 4.69) is 17.1 Å². The fraction of sp³-hybridized carbons (Fsp3) is 0.250. The molecular formula is C16H15NO. The van der Waals surface area contributed by atoms with Crippen molar-refractivity contribution in [3.05, 3.63) is 65.5 Å². The molecule has 0 saturated heterocycles. The van der Waals surface area contributed by atoms with Crippen LogP contribution < -0.4 is 0 Å². The van der Waals surface area contributed by atoms with Crippen molar-refractivity contribution in [2.45, 2.75) is 19.3 Å². The van der Waals surface area contributed by atoms with E-state index in [9.17, 15) is 4.79 Å². The number of aromatic nitrogens is 1. The number of benzene rings is 1. The molecule has 0 spiro atoms. The van der Waals surface area contributed by atoms with Crippen molar-refractivity contribution in [2.24, 2.45) is 5.92 Å². The summed E-state index contributed by atoms with van der Waals surface area (Å²) in [6.45, 7) is 1.90. The Hall–Kier alpha value is -1.96. The SMILES string of the molecule is Cc1ncccc1C(=O)[C@H]1C[C@@H]1c1ccccc1. The molecule has 1 aliphatic rings. The normalized spacial score (nSPS) is 21.6. The average Bonchev–Trinajstić information content (AvgIpc) is 3.20. The molecule has 2 aromatic rings. The molecule has 2 atom stereocenters. The zero-order valence-electron chi connectivity index (χ0n) is 10.3. The average molecular weight is 237 g/mol. The van der Waals surface area contributed by atoms with E-state index in [0.717, 1.165) is 17.7 Å². The van der Waals surface area contributed by atoms with Crippen molar-refractivity contribution >= 4 is 5.78 Å². The number of carbonyl (C=O) groups excluding carboxylic acids is 1. The molecule has 0 N–H and O–H groups in total. The first-order valence-electron chi connectivity index (χ1n) is 6.28. The van der Waals surface area contributed by atoms with Crippen LogP contribution in [0, 0.1) is 12.8 Å². The van der Waals surface area contributed by atoms with Crippen LogP contribution in [-0.2, 0) is 0 Å². The van der Waals surface area contributed by atoms with Gasteiger partial charge in [-0.2, -0.15) is 0 Å². The summed E-state index contributed by atoms with van der Waals surface area (Å²) in [4.78, 5) is 16.6. The number of hydrogen-bond acceptors (Lipinski definition) is 2. The van der Waals surface area contributed by atoms with Crippen LogP contribution in [0.25, 0.3) is 0 Å². The minimum Gasteiger partial charge on any atom is -0.294 e. The van der Waals surface area contributed by atoms with E-state index in [0.29, 0.717) is 5.92 Å². The standard InChI is InChI=1S/C16H15NO/c1-11-13(8-5-9-17-11)16(18)15-10-14(15)12-6-3-2-4-7-12/h2-9,14-15H,10H2,1H3/t14-,15+/m1/s1. The van der Waals surface area contributed by atoms with Crippen LogP contribution in [0.5, 0.6) is 0 Å². The molecule has 1 aromatic carbocycles. The first-order valence-corrected chi connectivity index (χ1v) is 6.28. The van der Waals surface area contributed by atoms with E-state index in [-0.39, 0.29) is 11.7 Å². The van der Waals surface area contributed by atoms with E-state index < -0.39 is 0 Å². The number of ketones is 1. The van der Waals surface area contributed by atoms with Crippen molar-refractivity contribution in [3.63, 3.8) is 0 Å². The molecule has 0 amide bonds. The van der Waals surface area contributed by atoms with Gasteiger partial charge in [0.15, 0.2) is 5.78 Å². The van der Waals surface area contributed by atoms with Crippen molar-refractivity contribution in [2.75, 3.05) is 0 Å². The van der Waals surface area contributed by atoms with Crippen LogP contribution >= 0.6 is 0 Å². The molecule has 2 nitrogen and oxygen atoms in total. The molecule has 90 valence electrons. The third kappa shape index (κ3) is 1.94. The molecule has 0 bridgehead atoms. The van der Waals surface area contributed by atoms with Gasteiger partial charge < -0.3 is 0 Å². The fourth-order valence-corrected chi connectivity index (χ4v) is 2.50. The molecule has 2 heteroatoms. The summed E-state index contributed by atoms with van der Waals surface area (Å²) >= 11 is 0. The van der Waals surface area contributed by atoms with Gasteiger partial charge in [0, 0.05) is 23.4 Å². The highest BCUT2D eigenvalue weighted by Gasteiger charge is 2.44. The van der Waals surface area contributed by atoms with Gasteiger partial charge >= 0.3 is 0 Å². The predicted octanol–water partition coefficient (Wildman–Crippen LogP) is 3.38. The molecule has 0 radical (unpaired) electrons. The van der Waals surface area contributed by atoms with Gasteiger partial charge in [-0.05, 0) is 37.0 Å². The monoisotopic (exact) mass is 237 g/mol. The van der Waals surface area contributed by atoms with Gasteiger partial charge in [-0.15, -0.1) is 0 Å². The van der Waals surface area contributed by atoms with Crippen molar-refractivity contribution in [1.82, 2.24) is 4.98 Å². The molecule has 3 rings (SSSR count). The third-order valence-electron chi connectivity index (χ3n) is 3.63. The molecule has 1 saturated carbocycles. The summed E-state index contributed by atoms with van der Waals surface area (Å²) in [7, 11) is 0. The lowest BCUT2D eigenvalue weighted by Crippen LogP contribution is -2.06. The van der Waals surface area contributed by atoms with Crippen molar-refractivity contribution < 1.29 is 4.79 Å². The maximum Gasteiger partial charge on any atom is 0.168 e. The topological polar surface area (TPSA) is 30.0 Å². The lowest BCUT2D eigenvalue weighted by Gasteiger charge is -2.03. The van der Waals surface area contributed by atoms with Gasteiger partial charge in [-0.1, -0.05) is 30.3 Å². The Morgan fingerprint density at radius 3 is 2.67 bits per heavy atom. The molecular weight excluding hydrogens is 222 g/mol. The predicted molar refractivity (Wildman–Crippen MR) is 70.6 cm³/mol. The van der Waals surface area contributed by atoms with E-state index in [1.165, 1.54) is 5.56 Å². The number of hydrogen-bond donors (Lipinski definition) is 0. The number of Topliss-reactive ketones (excluding diaryl/α,β-unsaturated/α-hetero) is 1. The van der Waals surface area contributed by atoms with Gasteiger partial charge in [-0.3, -0.25) is 9.78 Å². The van der Waals surface area contributed by atoms with Gasteiger partial charge in [0.25, 0.3) is 0 Å². The molecule has 1 aromatic heterocycles. The Labute approximate surface area is 107 Å². The summed E-state index contributed by atoms with van der Waals surface area (Å²) in [6.07, 6.45) is 2.70. The molecule has 1 fully saturated rings. The van der Waals surface area contributed by atoms with E-state index in [1.807, 2.05) is 37.3 Å². The Kier molecular flexibility index (Phi) is 2.71. The Balaban J connectivity index is 1.80. The quantitative estimate of drug-likeness (QED) is 0.766. The Morgan fingerprint density at radius 2 is 1.94 bits per heavy atom. The van der Waals surface area contributed by atoms with Gasteiger partial charge in [-0.25, -0.2) is 0 Å². The van der Waals surface area contributed by atoms with Crippen LogP contribution in [0.15, 0.2) is 48.7 Å². The van der Waals surface area contributed by atoms with E-state index in [4.69, 9.17) is 0 Å². The van der Waals surface area contributed by atoms with Crippen LogP contribution in [0.4, 0.5) is 0 Å². The first-order chi connectivity index (χ1) is 8.77. The summed E-state index contributed by atoms with van der Waals surface area (Å²) in [5.74, 6) is 0.794. The van der Waals surface area contributed by atoms with Crippen LogP contribution in [-0.4, -0.2) is 10.8 Å². The minimum atomic E-state index is 0.148. The zero-order valence-corrected chi connectivity index (χ0v) is 10.3. The second kappa shape index (κ2) is 4.37. The van der Waals surface area contributed by atoms with Crippen molar-refractivity contribution in [3.8, 4) is 0 Å². The molecule has 1 heterocycles. The lowest BCUT2D eigenvalue weighted by atomic mass is 10.0. The highest BCUT2D eigenvalue weighted by Crippen LogP contribution is 2.49. The van der Waals surface area contributed by atoms with Gasteiger partial charge in [0.05, 0.1) is 0 Å². The third-order valence-corrected chi connectivity index (χ3v) is 3.63. The summed E-state index contributed by atoms with van der Waals surface area (Å²) < 4.78 is 0. The minimum absolute atomic E-state index is 0.148. The smallest absolute Gasteiger partial charge is 0.168 e. The fourth-order valence-electron chi connectivity index (χ4n) is 2.50. The van der Waals surface area contributed by atoms with Crippen LogP contribution in [0.3, 0.4) is 0 Å². The van der Waals surface area contributed by atoms with Crippen LogP contribution in [0.1, 0.15) is 34.0 Å². The summed E-state index contributed by atoms with van der Waals surface area (Å²) in [6, 6.07) is 14.0. The number of rotatable bonds is 3. The number of aryl methyl sites for hydroxylation is 1. The second-order valence-corrected chi connectivity index (χ2v) is 4.86. The lowest BCUT2D eigenvalue weighted by molar-refractivity contribution is 0.0964. The van der Waals surface area contributed by atoms with Gasteiger partial charge in [0.2, 0.25) is 0 Å². The highest BCUT2D eigenvalue weighted by atomic mass is 16.1. The largest absolute Gasteiger partial charge is 0.294 e. The molecule has 1 aliphatic carbocycles. The van der Waals surface area contributed by atoms with Crippen molar-refractivity contribution in [1.29, 1.82) is 0 Å². The van der Waals surface area contributed by atoms with Crippen LogP contribution in [0.2, 0.25) is 0 Å². The maximum absolute atomic E-state index is 12.4. The summed E-state index contributed by atoms with van der Waals surface area (Å²) in [5.41, 5.74) is 2.89. The zero-order chi connectivity index (χ0) is 12.5. The Morgan fingerprint density at radius 1 is 1.17 bits per heavy atom. The molecule has 18 heavy (non-hydrogen) atoms. The first kappa shape index (κ1) is 11.1. The summed E-state index contributed by atoms with van der Waals surface area (Å²) in [5, 5.41) is 0. The maximum atomic E-state index is 12.4. The van der Waals surface area contributed by atoms with Gasteiger partial charge in [0.1, 0.15) is 0 Å². The second-order valence-electron chi connectivity index (χ2n) is 4.86. The molecule has 0 unspecified atom stereocenters. The Bertz CT molecular complexity index is 577.